The second-order valence-corrected chi connectivity index (χ2v) is 4.89. The number of rotatable bonds is 4. The molecule has 1 aromatic rings. The molecule has 1 aliphatic rings. The molecule has 88 valence electrons. The van der Waals surface area contributed by atoms with Gasteiger partial charge < -0.3 is 4.90 Å². The molecule has 1 aliphatic carbocycles. The highest BCUT2D eigenvalue weighted by molar-refractivity contribution is 6.17. The summed E-state index contributed by atoms with van der Waals surface area (Å²) in [6.45, 7) is 3.22. The number of nitrogens with zero attached hydrogens (tertiary/aromatic N) is 2. The minimum Gasteiger partial charge on any atom is -0.359 e. The number of pyridine rings is 1. The second-order valence-electron chi connectivity index (χ2n) is 4.62. The zero-order valence-corrected chi connectivity index (χ0v) is 10.3. The third-order valence-corrected chi connectivity index (χ3v) is 3.49. The molecule has 16 heavy (non-hydrogen) atoms. The van der Waals surface area contributed by atoms with E-state index in [1.165, 1.54) is 18.7 Å². The molecule has 2 unspecified atom stereocenters. The van der Waals surface area contributed by atoms with Crippen molar-refractivity contribution in [3.8, 4) is 0 Å². The Morgan fingerprint density at radius 1 is 1.62 bits per heavy atom. The van der Waals surface area contributed by atoms with E-state index in [1.54, 1.807) is 0 Å². The van der Waals surface area contributed by atoms with Gasteiger partial charge in [0.05, 0.1) is 12.1 Å². The molecule has 1 aromatic heterocycles. The monoisotopic (exact) mass is 242 g/mol. The van der Waals surface area contributed by atoms with Crippen LogP contribution in [0, 0.1) is 17.7 Å². The van der Waals surface area contributed by atoms with E-state index in [4.69, 9.17) is 11.6 Å². The summed E-state index contributed by atoms with van der Waals surface area (Å²) >= 11 is 5.80. The van der Waals surface area contributed by atoms with Gasteiger partial charge in [0.25, 0.3) is 0 Å². The molecule has 0 saturated heterocycles. The first kappa shape index (κ1) is 11.6. The van der Waals surface area contributed by atoms with Crippen LogP contribution in [0.2, 0.25) is 0 Å². The van der Waals surface area contributed by atoms with Crippen LogP contribution in [-0.4, -0.2) is 18.6 Å². The summed E-state index contributed by atoms with van der Waals surface area (Å²) in [5.41, 5.74) is 0.762. The van der Waals surface area contributed by atoms with Crippen LogP contribution in [0.15, 0.2) is 12.3 Å². The van der Waals surface area contributed by atoms with Gasteiger partial charge in [-0.2, -0.15) is 0 Å². The largest absolute Gasteiger partial charge is 0.359 e. The first-order valence-corrected chi connectivity index (χ1v) is 6.06. The van der Waals surface area contributed by atoms with Crippen molar-refractivity contribution in [1.29, 1.82) is 0 Å². The van der Waals surface area contributed by atoms with Crippen LogP contribution in [0.3, 0.4) is 0 Å². The summed E-state index contributed by atoms with van der Waals surface area (Å²) in [7, 11) is 1.99. The third kappa shape index (κ3) is 2.46. The Kier molecular flexibility index (Phi) is 3.33. The van der Waals surface area contributed by atoms with Crippen LogP contribution in [0.1, 0.15) is 18.9 Å². The number of anilines is 1. The maximum absolute atomic E-state index is 13.0. The summed E-state index contributed by atoms with van der Waals surface area (Å²) in [5, 5.41) is 0. The number of aromatic nitrogens is 1. The highest BCUT2D eigenvalue weighted by Crippen LogP contribution is 2.38. The molecule has 0 N–H and O–H groups in total. The summed E-state index contributed by atoms with van der Waals surface area (Å²) in [6, 6.07) is 1.46. The quantitative estimate of drug-likeness (QED) is 0.755. The maximum atomic E-state index is 13.0. The van der Waals surface area contributed by atoms with Crippen LogP contribution in [0.25, 0.3) is 0 Å². The fourth-order valence-corrected chi connectivity index (χ4v) is 2.20. The molecular formula is C12H16ClFN2. The predicted octanol–water partition coefficient (Wildman–Crippen LogP) is 3.05. The van der Waals surface area contributed by atoms with E-state index in [2.05, 4.69) is 16.8 Å². The fourth-order valence-electron chi connectivity index (χ4n) is 2.01. The lowest BCUT2D eigenvalue weighted by Crippen LogP contribution is -2.23. The van der Waals surface area contributed by atoms with Crippen molar-refractivity contribution in [3.63, 3.8) is 0 Å². The molecule has 0 spiro atoms. The number of hydrogen-bond acceptors (Lipinski definition) is 2. The van der Waals surface area contributed by atoms with Crippen LogP contribution in [0.4, 0.5) is 10.2 Å². The van der Waals surface area contributed by atoms with Gasteiger partial charge in [-0.05, 0) is 24.3 Å². The molecular weight excluding hydrogens is 227 g/mol. The average molecular weight is 243 g/mol. The summed E-state index contributed by atoms with van der Waals surface area (Å²) in [6.07, 6.45) is 2.53. The van der Waals surface area contributed by atoms with Crippen molar-refractivity contribution in [2.45, 2.75) is 19.2 Å². The molecule has 1 fully saturated rings. The zero-order valence-electron chi connectivity index (χ0n) is 9.58. The van der Waals surface area contributed by atoms with Crippen LogP contribution in [-0.2, 0) is 5.88 Å². The van der Waals surface area contributed by atoms with Gasteiger partial charge >= 0.3 is 0 Å². The van der Waals surface area contributed by atoms with E-state index in [0.29, 0.717) is 5.88 Å². The summed E-state index contributed by atoms with van der Waals surface area (Å²) in [5.74, 6) is 2.33. The molecule has 2 rings (SSSR count). The molecule has 2 nitrogen and oxygen atoms in total. The van der Waals surface area contributed by atoms with Gasteiger partial charge in [0.1, 0.15) is 11.6 Å². The smallest absolute Gasteiger partial charge is 0.141 e. The Morgan fingerprint density at radius 2 is 2.31 bits per heavy atom. The molecule has 0 aromatic carbocycles. The van der Waals surface area contributed by atoms with Gasteiger partial charge in [0.2, 0.25) is 0 Å². The van der Waals surface area contributed by atoms with E-state index in [-0.39, 0.29) is 5.82 Å². The minimum absolute atomic E-state index is 0.296. The standard InChI is InChI=1S/C12H16ClFN2/c1-8-3-10(8)7-16(2)12-9(5-13)4-11(14)6-15-12/h4,6,8,10H,3,5,7H2,1-2H3. The molecule has 1 heterocycles. The van der Waals surface area contributed by atoms with E-state index < -0.39 is 0 Å². The van der Waals surface area contributed by atoms with Crippen molar-refractivity contribution in [2.24, 2.45) is 11.8 Å². The van der Waals surface area contributed by atoms with Crippen LogP contribution < -0.4 is 4.90 Å². The average Bonchev–Trinajstić information content (AvgIpc) is 2.93. The van der Waals surface area contributed by atoms with Crippen molar-refractivity contribution in [1.82, 2.24) is 4.98 Å². The number of hydrogen-bond donors (Lipinski definition) is 0. The first-order chi connectivity index (χ1) is 7.61. The highest BCUT2D eigenvalue weighted by Gasteiger charge is 2.33. The van der Waals surface area contributed by atoms with E-state index in [1.807, 2.05) is 7.05 Å². The summed E-state index contributed by atoms with van der Waals surface area (Å²) in [4.78, 5) is 6.20. The van der Waals surface area contributed by atoms with E-state index in [9.17, 15) is 4.39 Å². The highest BCUT2D eigenvalue weighted by atomic mass is 35.5. The molecule has 0 bridgehead atoms. The minimum atomic E-state index is -0.326. The van der Waals surface area contributed by atoms with Crippen molar-refractivity contribution in [2.75, 3.05) is 18.5 Å². The van der Waals surface area contributed by atoms with Gasteiger partial charge in [0.15, 0.2) is 0 Å². The van der Waals surface area contributed by atoms with Crippen LogP contribution >= 0.6 is 11.6 Å². The van der Waals surface area contributed by atoms with E-state index in [0.717, 1.165) is 29.8 Å². The molecule has 0 amide bonds. The maximum Gasteiger partial charge on any atom is 0.141 e. The van der Waals surface area contributed by atoms with Crippen molar-refractivity contribution < 1.29 is 4.39 Å². The number of alkyl halides is 1. The second kappa shape index (κ2) is 4.58. The first-order valence-electron chi connectivity index (χ1n) is 5.53. The van der Waals surface area contributed by atoms with Gasteiger partial charge in [-0.3, -0.25) is 0 Å². The van der Waals surface area contributed by atoms with E-state index >= 15 is 0 Å². The normalized spacial score (nSPS) is 23.2. The Morgan fingerprint density at radius 3 is 2.88 bits per heavy atom. The fraction of sp³-hybridized carbons (Fsp3) is 0.583. The Balaban J connectivity index is 2.12. The molecule has 2 atom stereocenters. The molecule has 0 radical (unpaired) electrons. The molecule has 1 saturated carbocycles. The number of halogens is 2. The lowest BCUT2D eigenvalue weighted by atomic mass is 10.2. The van der Waals surface area contributed by atoms with Gasteiger partial charge in [0, 0.05) is 19.2 Å². The predicted molar refractivity (Wildman–Crippen MR) is 64.3 cm³/mol. The van der Waals surface area contributed by atoms with Gasteiger partial charge in [-0.15, -0.1) is 11.6 Å². The third-order valence-electron chi connectivity index (χ3n) is 3.20. The molecule has 0 aliphatic heterocycles. The van der Waals surface area contributed by atoms with Gasteiger partial charge in [-0.1, -0.05) is 6.92 Å². The lowest BCUT2D eigenvalue weighted by molar-refractivity contribution is 0.618. The van der Waals surface area contributed by atoms with Crippen LogP contribution in [0.5, 0.6) is 0 Å². The topological polar surface area (TPSA) is 16.1 Å². The van der Waals surface area contributed by atoms with Crippen molar-refractivity contribution >= 4 is 17.4 Å². The summed E-state index contributed by atoms with van der Waals surface area (Å²) < 4.78 is 13.0. The molecule has 4 heteroatoms. The Labute approximate surface area is 100 Å². The lowest BCUT2D eigenvalue weighted by Gasteiger charge is -2.20. The Hall–Kier alpha value is -0.830. The van der Waals surface area contributed by atoms with Gasteiger partial charge in [-0.25, -0.2) is 9.37 Å². The Bertz CT molecular complexity index is 383. The van der Waals surface area contributed by atoms with Crippen molar-refractivity contribution in [3.05, 3.63) is 23.6 Å². The zero-order chi connectivity index (χ0) is 11.7. The SMILES string of the molecule is CC1CC1CN(C)c1ncc(F)cc1CCl.